The SMILES string of the molecule is COCCn1cnnc1CN(C)Cc1cc(Cl)cc2c1OCC2(C)C. The van der Waals surface area contributed by atoms with Crippen LogP contribution in [0.25, 0.3) is 0 Å². The van der Waals surface area contributed by atoms with Crippen LogP contribution in [0.15, 0.2) is 18.5 Å². The Kier molecular flexibility index (Phi) is 5.32. The molecule has 0 fully saturated rings. The van der Waals surface area contributed by atoms with Crippen LogP contribution < -0.4 is 4.74 Å². The third kappa shape index (κ3) is 3.97. The van der Waals surface area contributed by atoms with E-state index in [2.05, 4.69) is 36.0 Å². The van der Waals surface area contributed by atoms with E-state index >= 15 is 0 Å². The van der Waals surface area contributed by atoms with E-state index in [0.717, 1.165) is 35.2 Å². The van der Waals surface area contributed by atoms with Crippen molar-refractivity contribution in [2.45, 2.75) is 38.9 Å². The number of aromatic nitrogens is 3. The van der Waals surface area contributed by atoms with E-state index in [1.165, 1.54) is 5.56 Å². The van der Waals surface area contributed by atoms with Crippen molar-refractivity contribution in [3.63, 3.8) is 0 Å². The van der Waals surface area contributed by atoms with Crippen LogP contribution >= 0.6 is 11.6 Å². The van der Waals surface area contributed by atoms with E-state index in [1.807, 2.05) is 16.7 Å². The number of hydrogen-bond acceptors (Lipinski definition) is 5. The highest BCUT2D eigenvalue weighted by molar-refractivity contribution is 6.30. The topological polar surface area (TPSA) is 52.4 Å². The standard InChI is InChI=1S/C18H25ClN4O2/c1-18(2)11-25-17-13(7-14(19)8-15(17)18)9-22(3)10-16-21-20-12-23(16)5-6-24-4/h7-8,12H,5-6,9-11H2,1-4H3. The highest BCUT2D eigenvalue weighted by atomic mass is 35.5. The second-order valence-electron chi connectivity index (χ2n) is 7.22. The minimum atomic E-state index is -0.00607. The first-order valence-electron chi connectivity index (χ1n) is 8.40. The van der Waals surface area contributed by atoms with Crippen LogP contribution in [0.4, 0.5) is 0 Å². The van der Waals surface area contributed by atoms with Crippen molar-refractivity contribution >= 4 is 11.6 Å². The molecule has 0 spiro atoms. The normalized spacial score (nSPS) is 15.4. The Morgan fingerprint density at radius 3 is 2.92 bits per heavy atom. The molecular formula is C18H25ClN4O2. The molecule has 0 unspecified atom stereocenters. The summed E-state index contributed by atoms with van der Waals surface area (Å²) in [5.74, 6) is 1.89. The smallest absolute Gasteiger partial charge is 0.147 e. The van der Waals surface area contributed by atoms with Gasteiger partial charge >= 0.3 is 0 Å². The number of methoxy groups -OCH3 is 1. The van der Waals surface area contributed by atoms with Crippen molar-refractivity contribution in [1.29, 1.82) is 0 Å². The molecule has 0 radical (unpaired) electrons. The molecule has 0 aliphatic carbocycles. The second-order valence-corrected chi connectivity index (χ2v) is 7.66. The fourth-order valence-corrected chi connectivity index (χ4v) is 3.38. The molecule has 7 heteroatoms. The summed E-state index contributed by atoms with van der Waals surface area (Å²) in [6.07, 6.45) is 1.74. The van der Waals surface area contributed by atoms with Crippen LogP contribution in [-0.2, 0) is 29.8 Å². The first-order valence-corrected chi connectivity index (χ1v) is 8.78. The third-order valence-corrected chi connectivity index (χ3v) is 4.74. The minimum Gasteiger partial charge on any atom is -0.492 e. The van der Waals surface area contributed by atoms with E-state index in [4.69, 9.17) is 21.1 Å². The molecular weight excluding hydrogens is 340 g/mol. The summed E-state index contributed by atoms with van der Waals surface area (Å²) in [7, 11) is 3.75. The molecule has 0 N–H and O–H groups in total. The lowest BCUT2D eigenvalue weighted by Crippen LogP contribution is -2.21. The van der Waals surface area contributed by atoms with Crippen molar-refractivity contribution < 1.29 is 9.47 Å². The predicted octanol–water partition coefficient (Wildman–Crippen LogP) is 2.88. The van der Waals surface area contributed by atoms with Crippen LogP contribution in [0.5, 0.6) is 5.75 Å². The molecule has 1 aliphatic rings. The highest BCUT2D eigenvalue weighted by Crippen LogP contribution is 2.42. The van der Waals surface area contributed by atoms with Gasteiger partial charge in [-0.3, -0.25) is 4.90 Å². The second kappa shape index (κ2) is 7.32. The van der Waals surface area contributed by atoms with Gasteiger partial charge in [0.15, 0.2) is 0 Å². The van der Waals surface area contributed by atoms with Gasteiger partial charge in [0, 0.05) is 41.8 Å². The number of hydrogen-bond donors (Lipinski definition) is 0. The number of benzene rings is 1. The van der Waals surface area contributed by atoms with E-state index < -0.39 is 0 Å². The largest absolute Gasteiger partial charge is 0.492 e. The number of halogens is 1. The van der Waals surface area contributed by atoms with Crippen molar-refractivity contribution in [3.05, 3.63) is 40.4 Å². The molecule has 25 heavy (non-hydrogen) atoms. The number of nitrogens with zero attached hydrogens (tertiary/aromatic N) is 4. The van der Waals surface area contributed by atoms with Crippen LogP contribution in [-0.4, -0.2) is 47.0 Å². The average Bonchev–Trinajstić information content (AvgIpc) is 3.10. The maximum Gasteiger partial charge on any atom is 0.147 e. The van der Waals surface area contributed by atoms with Crippen molar-refractivity contribution in [3.8, 4) is 5.75 Å². The summed E-state index contributed by atoms with van der Waals surface area (Å²) in [6.45, 7) is 7.85. The maximum atomic E-state index is 6.35. The van der Waals surface area contributed by atoms with Gasteiger partial charge < -0.3 is 14.0 Å². The molecule has 0 atom stereocenters. The van der Waals surface area contributed by atoms with Crippen LogP contribution in [0, 0.1) is 0 Å². The molecule has 6 nitrogen and oxygen atoms in total. The van der Waals surface area contributed by atoms with Gasteiger partial charge in [0.2, 0.25) is 0 Å². The lowest BCUT2D eigenvalue weighted by molar-refractivity contribution is 0.184. The van der Waals surface area contributed by atoms with Gasteiger partial charge in [-0.05, 0) is 19.2 Å². The molecule has 2 aromatic rings. The van der Waals surface area contributed by atoms with Gasteiger partial charge in [-0.15, -0.1) is 10.2 Å². The van der Waals surface area contributed by atoms with Gasteiger partial charge in [-0.2, -0.15) is 0 Å². The lowest BCUT2D eigenvalue weighted by atomic mass is 9.86. The Morgan fingerprint density at radius 2 is 2.16 bits per heavy atom. The summed E-state index contributed by atoms with van der Waals surface area (Å²) in [5.41, 5.74) is 2.29. The molecule has 1 aromatic carbocycles. The van der Waals surface area contributed by atoms with E-state index in [-0.39, 0.29) is 5.41 Å². The summed E-state index contributed by atoms with van der Waals surface area (Å²) < 4.78 is 13.1. The molecule has 0 saturated carbocycles. The van der Waals surface area contributed by atoms with Gasteiger partial charge in [0.05, 0.1) is 19.8 Å². The quantitative estimate of drug-likeness (QED) is 0.756. The highest BCUT2D eigenvalue weighted by Gasteiger charge is 2.34. The summed E-state index contributed by atoms with van der Waals surface area (Å²) in [4.78, 5) is 2.19. The summed E-state index contributed by atoms with van der Waals surface area (Å²) >= 11 is 6.35. The lowest BCUT2D eigenvalue weighted by Gasteiger charge is -2.19. The Hall–Kier alpha value is -1.63. The predicted molar refractivity (Wildman–Crippen MR) is 97.0 cm³/mol. The van der Waals surface area contributed by atoms with Crippen molar-refractivity contribution in [1.82, 2.24) is 19.7 Å². The minimum absolute atomic E-state index is 0.00607. The molecule has 1 aliphatic heterocycles. The summed E-state index contributed by atoms with van der Waals surface area (Å²) in [5, 5.41) is 8.99. The first-order chi connectivity index (χ1) is 11.9. The summed E-state index contributed by atoms with van der Waals surface area (Å²) in [6, 6.07) is 4.02. The molecule has 0 bridgehead atoms. The number of ether oxygens (including phenoxy) is 2. The average molecular weight is 365 g/mol. The molecule has 3 rings (SSSR count). The van der Waals surface area contributed by atoms with Gasteiger partial charge in [-0.25, -0.2) is 0 Å². The number of rotatable bonds is 7. The molecule has 2 heterocycles. The van der Waals surface area contributed by atoms with E-state index in [1.54, 1.807) is 13.4 Å². The van der Waals surface area contributed by atoms with Crippen LogP contribution in [0.3, 0.4) is 0 Å². The fraction of sp³-hybridized carbons (Fsp3) is 0.556. The molecule has 0 saturated heterocycles. The monoisotopic (exact) mass is 364 g/mol. The Labute approximate surface area is 153 Å². The Morgan fingerprint density at radius 1 is 1.36 bits per heavy atom. The van der Waals surface area contributed by atoms with Gasteiger partial charge in [0.1, 0.15) is 17.9 Å². The third-order valence-electron chi connectivity index (χ3n) is 4.52. The van der Waals surface area contributed by atoms with Crippen molar-refractivity contribution in [2.75, 3.05) is 27.4 Å². The number of fused-ring (bicyclic) bond motifs is 1. The Balaban J connectivity index is 1.74. The zero-order valence-corrected chi connectivity index (χ0v) is 16.0. The van der Waals surface area contributed by atoms with Crippen molar-refractivity contribution in [2.24, 2.45) is 0 Å². The zero-order chi connectivity index (χ0) is 18.0. The van der Waals surface area contributed by atoms with E-state index in [0.29, 0.717) is 19.8 Å². The molecule has 0 amide bonds. The van der Waals surface area contributed by atoms with Crippen LogP contribution in [0.2, 0.25) is 5.02 Å². The molecule has 1 aromatic heterocycles. The Bertz CT molecular complexity index is 745. The zero-order valence-electron chi connectivity index (χ0n) is 15.3. The van der Waals surface area contributed by atoms with Gasteiger partial charge in [-0.1, -0.05) is 25.4 Å². The fourth-order valence-electron chi connectivity index (χ4n) is 3.14. The molecule has 136 valence electrons. The van der Waals surface area contributed by atoms with Gasteiger partial charge in [0.25, 0.3) is 0 Å². The first kappa shape index (κ1) is 18.2. The van der Waals surface area contributed by atoms with E-state index in [9.17, 15) is 0 Å². The van der Waals surface area contributed by atoms with Crippen LogP contribution in [0.1, 0.15) is 30.8 Å². The maximum absolute atomic E-state index is 6.35.